The predicted molar refractivity (Wildman–Crippen MR) is 65.3 cm³/mol. The molecular formula is C11H17ClNO3S+. The predicted octanol–water partition coefficient (Wildman–Crippen LogP) is 1.86. The summed E-state index contributed by atoms with van der Waals surface area (Å²) in [6.07, 6.45) is 3.63. The van der Waals surface area contributed by atoms with E-state index in [9.17, 15) is 13.2 Å². The summed E-state index contributed by atoms with van der Waals surface area (Å²) in [6, 6.07) is 0. The first-order valence-corrected chi connectivity index (χ1v) is 8.00. The normalized spacial score (nSPS) is 38.8. The molecule has 0 radical (unpaired) electrons. The molecule has 0 bridgehead atoms. The van der Waals surface area contributed by atoms with Crippen LogP contribution in [-0.2, 0) is 14.0 Å². The molecule has 2 saturated carbocycles. The van der Waals surface area contributed by atoms with Gasteiger partial charge in [-0.15, -0.1) is 0 Å². The molecule has 0 unspecified atom stereocenters. The second kappa shape index (κ2) is 3.54. The van der Waals surface area contributed by atoms with Crippen LogP contribution < -0.4 is 4.72 Å². The first-order chi connectivity index (χ1) is 7.56. The van der Waals surface area contributed by atoms with Crippen molar-refractivity contribution in [3.63, 3.8) is 0 Å². The van der Waals surface area contributed by atoms with Crippen LogP contribution >= 0.6 is 10.7 Å². The molecule has 1 amide bonds. The zero-order valence-electron chi connectivity index (χ0n) is 10.2. The molecule has 3 atom stereocenters. The second-order valence-electron chi connectivity index (χ2n) is 5.95. The number of carbonyl (C=O) groups is 1. The van der Waals surface area contributed by atoms with E-state index in [1.807, 2.05) is 11.1 Å². The van der Waals surface area contributed by atoms with E-state index < -0.39 is 20.6 Å². The van der Waals surface area contributed by atoms with Gasteiger partial charge in [0.15, 0.2) is 5.41 Å². The highest BCUT2D eigenvalue weighted by Gasteiger charge is 2.70. The maximum Gasteiger partial charge on any atom is 0.321 e. The van der Waals surface area contributed by atoms with E-state index in [-0.39, 0.29) is 5.41 Å². The van der Waals surface area contributed by atoms with Crippen LogP contribution in [0.5, 0.6) is 0 Å². The van der Waals surface area contributed by atoms with Crippen LogP contribution in [0, 0.1) is 29.1 Å². The number of amides is 1. The molecule has 2 aliphatic carbocycles. The molecule has 0 aromatic heterocycles. The summed E-state index contributed by atoms with van der Waals surface area (Å²) >= 11 is 0. The number of hydrogen-bond donors (Lipinski definition) is 1. The van der Waals surface area contributed by atoms with Crippen LogP contribution in [0.4, 0.5) is 0 Å². The van der Waals surface area contributed by atoms with E-state index in [4.69, 9.17) is 10.7 Å². The fourth-order valence-electron chi connectivity index (χ4n) is 3.02. The Balaban J connectivity index is 2.09. The van der Waals surface area contributed by atoms with Crippen LogP contribution in [-0.4, -0.2) is 14.3 Å². The SMILES string of the molecule is CC1(C)[C@@H]2CC[C@@](C)(C(=O)NS(=O)(=O)Cl)[CH+][C@@H]21. The van der Waals surface area contributed by atoms with Crippen LogP contribution in [0.15, 0.2) is 0 Å². The van der Waals surface area contributed by atoms with Gasteiger partial charge in [-0.05, 0) is 13.3 Å². The summed E-state index contributed by atoms with van der Waals surface area (Å²) < 4.78 is 23.6. The van der Waals surface area contributed by atoms with E-state index in [1.165, 1.54) is 0 Å². The summed E-state index contributed by atoms with van der Waals surface area (Å²) in [5.74, 6) is 0.523. The molecule has 0 saturated heterocycles. The van der Waals surface area contributed by atoms with Crippen molar-refractivity contribution < 1.29 is 13.2 Å². The van der Waals surface area contributed by atoms with E-state index >= 15 is 0 Å². The molecule has 0 aromatic rings. The van der Waals surface area contributed by atoms with Gasteiger partial charge in [0.2, 0.25) is 0 Å². The molecule has 6 heteroatoms. The summed E-state index contributed by atoms with van der Waals surface area (Å²) in [5, 5.41) is 0. The lowest BCUT2D eigenvalue weighted by molar-refractivity contribution is -0.127. The van der Waals surface area contributed by atoms with Crippen molar-refractivity contribution in [2.24, 2.45) is 22.7 Å². The van der Waals surface area contributed by atoms with Crippen molar-refractivity contribution in [2.45, 2.75) is 33.6 Å². The molecule has 0 heterocycles. The van der Waals surface area contributed by atoms with Gasteiger partial charge in [-0.3, -0.25) is 4.79 Å². The quantitative estimate of drug-likeness (QED) is 0.619. The summed E-state index contributed by atoms with van der Waals surface area (Å²) in [7, 11) is 1.05. The van der Waals surface area contributed by atoms with Gasteiger partial charge in [-0.25, -0.2) is 4.72 Å². The van der Waals surface area contributed by atoms with Crippen LogP contribution in [0.25, 0.3) is 0 Å². The Morgan fingerprint density at radius 3 is 2.47 bits per heavy atom. The molecule has 96 valence electrons. The summed E-state index contributed by atoms with van der Waals surface area (Å²) in [5.41, 5.74) is -0.477. The molecule has 0 spiro atoms. The van der Waals surface area contributed by atoms with E-state index in [0.29, 0.717) is 18.3 Å². The fraction of sp³-hybridized carbons (Fsp3) is 0.818. The molecule has 2 aliphatic rings. The van der Waals surface area contributed by atoms with Crippen LogP contribution in [0.2, 0.25) is 0 Å². The Labute approximate surface area is 107 Å². The smallest absolute Gasteiger partial charge is 0.268 e. The van der Waals surface area contributed by atoms with Crippen molar-refractivity contribution in [3.05, 3.63) is 6.42 Å². The van der Waals surface area contributed by atoms with E-state index in [2.05, 4.69) is 13.8 Å². The first-order valence-electron chi connectivity index (χ1n) is 5.69. The number of rotatable bonds is 2. The molecule has 0 aliphatic heterocycles. The van der Waals surface area contributed by atoms with Gasteiger partial charge in [0.05, 0.1) is 6.42 Å². The highest BCUT2D eigenvalue weighted by Crippen LogP contribution is 2.67. The largest absolute Gasteiger partial charge is 0.321 e. The third-order valence-corrected chi connectivity index (χ3v) is 5.06. The Hall–Kier alpha value is -0.420. The second-order valence-corrected chi connectivity index (χ2v) is 8.24. The number of fused-ring (bicyclic) bond motifs is 1. The zero-order chi connectivity index (χ0) is 13.1. The Morgan fingerprint density at radius 2 is 2.00 bits per heavy atom. The highest BCUT2D eigenvalue weighted by molar-refractivity contribution is 8.12. The molecule has 0 aromatic carbocycles. The van der Waals surface area contributed by atoms with Crippen molar-refractivity contribution in [2.75, 3.05) is 0 Å². The third-order valence-electron chi connectivity index (χ3n) is 4.39. The molecule has 4 nitrogen and oxygen atoms in total. The number of halogens is 1. The molecule has 2 fully saturated rings. The van der Waals surface area contributed by atoms with Gasteiger partial charge in [0, 0.05) is 28.4 Å². The summed E-state index contributed by atoms with van der Waals surface area (Å²) in [4.78, 5) is 11.9. The van der Waals surface area contributed by atoms with Gasteiger partial charge in [-0.2, -0.15) is 8.42 Å². The fourth-order valence-corrected chi connectivity index (χ4v) is 3.69. The standard InChI is InChI=1S/C11H16ClNO3S/c1-10(2)7-4-5-11(3,6-8(7)10)9(14)13-17(12,15)16/h6-8H,4-5H2,1-3H3/p+1/t7-,8+,11-/m1/s1. The molecule has 17 heavy (non-hydrogen) atoms. The number of nitrogens with one attached hydrogen (secondary N) is 1. The minimum atomic E-state index is -3.99. The van der Waals surface area contributed by atoms with Gasteiger partial charge in [0.1, 0.15) is 5.92 Å². The Bertz CT molecular complexity index is 459. The Morgan fingerprint density at radius 1 is 1.41 bits per heavy atom. The number of carbonyl (C=O) groups excluding carboxylic acids is 1. The van der Waals surface area contributed by atoms with Gasteiger partial charge >= 0.3 is 9.24 Å². The van der Waals surface area contributed by atoms with Gasteiger partial charge in [-0.1, -0.05) is 13.8 Å². The lowest BCUT2D eigenvalue weighted by Crippen LogP contribution is -2.42. The van der Waals surface area contributed by atoms with Gasteiger partial charge < -0.3 is 0 Å². The minimum absolute atomic E-state index is 0.248. The number of hydrogen-bond acceptors (Lipinski definition) is 3. The van der Waals surface area contributed by atoms with Crippen molar-refractivity contribution >= 4 is 25.8 Å². The molecule has 1 N–H and O–H groups in total. The Kier molecular flexibility index (Phi) is 2.71. The van der Waals surface area contributed by atoms with Crippen molar-refractivity contribution in [1.82, 2.24) is 4.72 Å². The monoisotopic (exact) mass is 278 g/mol. The molecule has 2 rings (SSSR count). The van der Waals surface area contributed by atoms with Gasteiger partial charge in [0.25, 0.3) is 5.91 Å². The van der Waals surface area contributed by atoms with Crippen molar-refractivity contribution in [3.8, 4) is 0 Å². The summed E-state index contributed by atoms with van der Waals surface area (Å²) in [6.45, 7) is 6.14. The van der Waals surface area contributed by atoms with Crippen molar-refractivity contribution in [1.29, 1.82) is 0 Å². The van der Waals surface area contributed by atoms with Crippen LogP contribution in [0.1, 0.15) is 33.6 Å². The van der Waals surface area contributed by atoms with Crippen LogP contribution in [0.3, 0.4) is 0 Å². The maximum atomic E-state index is 11.9. The maximum absolute atomic E-state index is 11.9. The minimum Gasteiger partial charge on any atom is -0.268 e. The average molecular weight is 279 g/mol. The lowest BCUT2D eigenvalue weighted by atomic mass is 9.75. The van der Waals surface area contributed by atoms with E-state index in [0.717, 1.165) is 6.42 Å². The highest BCUT2D eigenvalue weighted by atomic mass is 35.7. The lowest BCUT2D eigenvalue weighted by Gasteiger charge is -2.22. The average Bonchev–Trinajstić information content (AvgIpc) is 2.65. The van der Waals surface area contributed by atoms with E-state index in [1.54, 1.807) is 6.92 Å². The zero-order valence-corrected chi connectivity index (χ0v) is 11.7. The third kappa shape index (κ3) is 2.27. The first kappa shape index (κ1) is 13.0. The topological polar surface area (TPSA) is 63.2 Å². The molecular weight excluding hydrogens is 262 g/mol.